The smallest absolute Gasteiger partial charge is 0.120 e. The molecule has 2 unspecified atom stereocenters. The van der Waals surface area contributed by atoms with Crippen molar-refractivity contribution >= 4 is 15.9 Å². The number of rotatable bonds is 6. The molecule has 1 aliphatic heterocycles. The third-order valence-corrected chi connectivity index (χ3v) is 3.54. The van der Waals surface area contributed by atoms with Crippen molar-refractivity contribution in [1.29, 1.82) is 0 Å². The minimum atomic E-state index is 0.229. The summed E-state index contributed by atoms with van der Waals surface area (Å²) in [6, 6.07) is 7.91. The number of ether oxygens (including phenoxy) is 2. The zero-order valence-corrected chi connectivity index (χ0v) is 12.3. The van der Waals surface area contributed by atoms with Crippen LogP contribution in [0.3, 0.4) is 0 Å². The van der Waals surface area contributed by atoms with Gasteiger partial charge < -0.3 is 14.8 Å². The molecule has 18 heavy (non-hydrogen) atoms. The summed E-state index contributed by atoms with van der Waals surface area (Å²) in [6.45, 7) is 4.70. The van der Waals surface area contributed by atoms with Gasteiger partial charge in [-0.1, -0.05) is 28.9 Å². The summed E-state index contributed by atoms with van der Waals surface area (Å²) in [5.74, 6) is 0.892. The highest BCUT2D eigenvalue weighted by molar-refractivity contribution is 9.10. The van der Waals surface area contributed by atoms with Crippen molar-refractivity contribution in [2.75, 3.05) is 19.7 Å². The summed E-state index contributed by atoms with van der Waals surface area (Å²) in [4.78, 5) is 0. The van der Waals surface area contributed by atoms with Crippen LogP contribution < -0.4 is 10.1 Å². The molecule has 0 radical (unpaired) electrons. The lowest BCUT2D eigenvalue weighted by Crippen LogP contribution is -2.28. The van der Waals surface area contributed by atoms with Gasteiger partial charge in [0.25, 0.3) is 0 Å². The lowest BCUT2D eigenvalue weighted by atomic mass is 10.2. The predicted octanol–water partition coefficient (Wildman–Crippen LogP) is 2.99. The van der Waals surface area contributed by atoms with E-state index in [0.29, 0.717) is 12.7 Å². The van der Waals surface area contributed by atoms with E-state index in [4.69, 9.17) is 9.47 Å². The van der Waals surface area contributed by atoms with Gasteiger partial charge in [-0.15, -0.1) is 0 Å². The minimum Gasteiger partial charge on any atom is -0.491 e. The molecule has 1 aromatic carbocycles. The Morgan fingerprint density at radius 3 is 3.00 bits per heavy atom. The molecule has 0 amide bonds. The fourth-order valence-electron chi connectivity index (χ4n) is 2.10. The molecule has 1 saturated heterocycles. The van der Waals surface area contributed by atoms with Gasteiger partial charge >= 0.3 is 0 Å². The topological polar surface area (TPSA) is 30.5 Å². The summed E-state index contributed by atoms with van der Waals surface area (Å²) in [5.41, 5.74) is 0. The summed E-state index contributed by atoms with van der Waals surface area (Å²) in [7, 11) is 0. The van der Waals surface area contributed by atoms with Crippen LogP contribution >= 0.6 is 15.9 Å². The van der Waals surface area contributed by atoms with Crippen LogP contribution in [0.5, 0.6) is 5.75 Å². The molecule has 1 N–H and O–H groups in total. The molecule has 1 aliphatic rings. The van der Waals surface area contributed by atoms with E-state index in [1.54, 1.807) is 0 Å². The third kappa shape index (κ3) is 4.26. The minimum absolute atomic E-state index is 0.229. The van der Waals surface area contributed by atoms with Crippen molar-refractivity contribution in [1.82, 2.24) is 5.32 Å². The standard InChI is InChI=1S/C14H20BrNO2/c1-2-16-9-13-6-7-14(18-13)10-17-12-5-3-4-11(15)8-12/h3-5,8,13-14,16H,2,6-7,9-10H2,1H3. The molecular weight excluding hydrogens is 294 g/mol. The molecule has 0 aliphatic carbocycles. The largest absolute Gasteiger partial charge is 0.491 e. The molecule has 0 spiro atoms. The van der Waals surface area contributed by atoms with E-state index >= 15 is 0 Å². The Morgan fingerprint density at radius 2 is 2.22 bits per heavy atom. The van der Waals surface area contributed by atoms with Crippen LogP contribution in [-0.4, -0.2) is 31.9 Å². The lowest BCUT2D eigenvalue weighted by molar-refractivity contribution is 0.0188. The van der Waals surface area contributed by atoms with E-state index in [1.807, 2.05) is 24.3 Å². The van der Waals surface area contributed by atoms with E-state index in [0.717, 1.165) is 36.2 Å². The first-order chi connectivity index (χ1) is 8.78. The van der Waals surface area contributed by atoms with E-state index < -0.39 is 0 Å². The average Bonchev–Trinajstić information content (AvgIpc) is 2.82. The van der Waals surface area contributed by atoms with Gasteiger partial charge in [0, 0.05) is 11.0 Å². The molecule has 3 nitrogen and oxygen atoms in total. The average molecular weight is 314 g/mol. The van der Waals surface area contributed by atoms with Crippen LogP contribution in [0.25, 0.3) is 0 Å². The molecule has 100 valence electrons. The number of likely N-dealkylation sites (N-methyl/N-ethyl adjacent to an activating group) is 1. The first-order valence-electron chi connectivity index (χ1n) is 6.52. The zero-order chi connectivity index (χ0) is 12.8. The Hall–Kier alpha value is -0.580. The Balaban J connectivity index is 1.72. The van der Waals surface area contributed by atoms with Gasteiger partial charge in [0.1, 0.15) is 12.4 Å². The highest BCUT2D eigenvalue weighted by atomic mass is 79.9. The Kier molecular flexibility index (Phi) is 5.47. The fourth-order valence-corrected chi connectivity index (χ4v) is 2.48. The number of halogens is 1. The molecule has 2 rings (SSSR count). The quantitative estimate of drug-likeness (QED) is 0.876. The van der Waals surface area contributed by atoms with Crippen LogP contribution in [0, 0.1) is 0 Å². The second-order valence-corrected chi connectivity index (χ2v) is 5.45. The van der Waals surface area contributed by atoms with Gasteiger partial charge in [-0.05, 0) is 37.6 Å². The Labute approximate surface area is 117 Å². The highest BCUT2D eigenvalue weighted by Gasteiger charge is 2.25. The van der Waals surface area contributed by atoms with E-state index in [1.165, 1.54) is 0 Å². The Morgan fingerprint density at radius 1 is 1.39 bits per heavy atom. The summed E-state index contributed by atoms with van der Waals surface area (Å²) in [5, 5.41) is 3.32. The van der Waals surface area contributed by atoms with Crippen LogP contribution in [0.1, 0.15) is 19.8 Å². The number of nitrogens with one attached hydrogen (secondary N) is 1. The van der Waals surface area contributed by atoms with Crippen LogP contribution in [0.4, 0.5) is 0 Å². The summed E-state index contributed by atoms with van der Waals surface area (Å²) < 4.78 is 12.7. The SMILES string of the molecule is CCNCC1CCC(COc2cccc(Br)c2)O1. The maximum absolute atomic E-state index is 5.92. The molecule has 4 heteroatoms. The van der Waals surface area contributed by atoms with Crippen molar-refractivity contribution in [3.8, 4) is 5.75 Å². The second-order valence-electron chi connectivity index (χ2n) is 4.53. The van der Waals surface area contributed by atoms with Crippen molar-refractivity contribution in [2.45, 2.75) is 32.0 Å². The van der Waals surface area contributed by atoms with Crippen LogP contribution in [-0.2, 0) is 4.74 Å². The van der Waals surface area contributed by atoms with Gasteiger partial charge in [0.15, 0.2) is 0 Å². The van der Waals surface area contributed by atoms with Gasteiger partial charge in [-0.25, -0.2) is 0 Å². The number of hydrogen-bond acceptors (Lipinski definition) is 3. The number of hydrogen-bond donors (Lipinski definition) is 1. The summed E-state index contributed by atoms with van der Waals surface area (Å²) >= 11 is 3.43. The van der Waals surface area contributed by atoms with Crippen LogP contribution in [0.2, 0.25) is 0 Å². The Bertz CT molecular complexity index is 373. The number of benzene rings is 1. The molecule has 1 heterocycles. The van der Waals surface area contributed by atoms with Gasteiger partial charge in [-0.3, -0.25) is 0 Å². The first kappa shape index (κ1) is 13.8. The van der Waals surface area contributed by atoms with Crippen molar-refractivity contribution < 1.29 is 9.47 Å². The zero-order valence-electron chi connectivity index (χ0n) is 10.7. The normalized spacial score (nSPS) is 23.2. The molecular formula is C14H20BrNO2. The molecule has 1 fully saturated rings. The van der Waals surface area contributed by atoms with E-state index in [2.05, 4.69) is 28.2 Å². The van der Waals surface area contributed by atoms with E-state index in [9.17, 15) is 0 Å². The fraction of sp³-hybridized carbons (Fsp3) is 0.571. The van der Waals surface area contributed by atoms with Crippen LogP contribution in [0.15, 0.2) is 28.7 Å². The summed E-state index contributed by atoms with van der Waals surface area (Å²) in [6.07, 6.45) is 2.79. The van der Waals surface area contributed by atoms with Gasteiger partial charge in [0.2, 0.25) is 0 Å². The predicted molar refractivity (Wildman–Crippen MR) is 76.1 cm³/mol. The van der Waals surface area contributed by atoms with Crippen molar-refractivity contribution in [2.24, 2.45) is 0 Å². The molecule has 0 saturated carbocycles. The second kappa shape index (κ2) is 7.12. The van der Waals surface area contributed by atoms with Crippen molar-refractivity contribution in [3.05, 3.63) is 28.7 Å². The molecule has 1 aromatic rings. The van der Waals surface area contributed by atoms with E-state index in [-0.39, 0.29) is 6.10 Å². The highest BCUT2D eigenvalue weighted by Crippen LogP contribution is 2.22. The van der Waals surface area contributed by atoms with Crippen molar-refractivity contribution in [3.63, 3.8) is 0 Å². The maximum Gasteiger partial charge on any atom is 0.120 e. The molecule has 0 bridgehead atoms. The molecule has 0 aromatic heterocycles. The van der Waals surface area contributed by atoms with Gasteiger partial charge in [0.05, 0.1) is 12.2 Å². The lowest BCUT2D eigenvalue weighted by Gasteiger charge is -2.15. The maximum atomic E-state index is 5.92. The van der Waals surface area contributed by atoms with Gasteiger partial charge in [-0.2, -0.15) is 0 Å². The molecule has 2 atom stereocenters. The third-order valence-electron chi connectivity index (χ3n) is 3.05. The first-order valence-corrected chi connectivity index (χ1v) is 7.31. The monoisotopic (exact) mass is 313 g/mol.